The molecule has 2 aromatic rings. The Balaban J connectivity index is 1.42. The van der Waals surface area contributed by atoms with E-state index in [1.54, 1.807) is 18.5 Å². The maximum atomic E-state index is 12.3. The molecule has 1 amide bonds. The predicted octanol–water partition coefficient (Wildman–Crippen LogP) is 2.48. The van der Waals surface area contributed by atoms with Gasteiger partial charge in [0, 0.05) is 44.7 Å². The van der Waals surface area contributed by atoms with Crippen LogP contribution in [0.5, 0.6) is 6.01 Å². The average molecular weight is 311 g/mol. The molecule has 3 rings (SSSR count). The van der Waals surface area contributed by atoms with Gasteiger partial charge in [0.15, 0.2) is 0 Å². The van der Waals surface area contributed by atoms with Gasteiger partial charge in [-0.3, -0.25) is 4.79 Å². The molecular weight excluding hydrogens is 290 g/mol. The van der Waals surface area contributed by atoms with E-state index in [1.165, 1.54) is 5.56 Å². The molecule has 120 valence electrons. The van der Waals surface area contributed by atoms with Crippen molar-refractivity contribution >= 4 is 5.91 Å². The lowest BCUT2D eigenvalue weighted by Gasteiger charge is -2.31. The molecule has 0 aliphatic carbocycles. The zero-order chi connectivity index (χ0) is 15.9. The van der Waals surface area contributed by atoms with Crippen LogP contribution < -0.4 is 4.74 Å². The summed E-state index contributed by atoms with van der Waals surface area (Å²) in [5.74, 6) is 0.225. The SMILES string of the molecule is O=C(CCc1ccccc1)N1CCC(Oc2ncccn2)CC1. The summed E-state index contributed by atoms with van der Waals surface area (Å²) in [6.07, 6.45) is 6.46. The zero-order valence-corrected chi connectivity index (χ0v) is 13.1. The van der Waals surface area contributed by atoms with Crippen molar-refractivity contribution in [2.45, 2.75) is 31.8 Å². The number of carbonyl (C=O) groups excluding carboxylic acids is 1. The monoisotopic (exact) mass is 311 g/mol. The minimum absolute atomic E-state index is 0.0931. The van der Waals surface area contributed by atoms with Crippen LogP contribution in [0.25, 0.3) is 0 Å². The van der Waals surface area contributed by atoms with Gasteiger partial charge in [0.2, 0.25) is 5.91 Å². The van der Waals surface area contributed by atoms with Gasteiger partial charge in [-0.25, -0.2) is 9.97 Å². The van der Waals surface area contributed by atoms with Crippen LogP contribution in [0.4, 0.5) is 0 Å². The average Bonchev–Trinajstić information content (AvgIpc) is 2.62. The molecule has 1 aliphatic rings. The van der Waals surface area contributed by atoms with Crippen molar-refractivity contribution < 1.29 is 9.53 Å². The van der Waals surface area contributed by atoms with Gasteiger partial charge in [0.25, 0.3) is 0 Å². The number of likely N-dealkylation sites (tertiary alicyclic amines) is 1. The second kappa shape index (κ2) is 7.72. The van der Waals surface area contributed by atoms with Crippen LogP contribution in [0.15, 0.2) is 48.8 Å². The van der Waals surface area contributed by atoms with Crippen molar-refractivity contribution in [2.24, 2.45) is 0 Å². The predicted molar refractivity (Wildman–Crippen MR) is 87.0 cm³/mol. The molecule has 1 saturated heterocycles. The van der Waals surface area contributed by atoms with Crippen LogP contribution in [-0.2, 0) is 11.2 Å². The molecule has 0 spiro atoms. The van der Waals surface area contributed by atoms with E-state index in [0.29, 0.717) is 12.4 Å². The molecule has 23 heavy (non-hydrogen) atoms. The Morgan fingerprint density at radius 3 is 2.48 bits per heavy atom. The molecule has 0 atom stereocenters. The number of rotatable bonds is 5. The Morgan fingerprint density at radius 1 is 1.09 bits per heavy atom. The topological polar surface area (TPSA) is 55.3 Å². The quantitative estimate of drug-likeness (QED) is 0.851. The van der Waals surface area contributed by atoms with E-state index in [1.807, 2.05) is 23.1 Å². The third kappa shape index (κ3) is 4.52. The van der Waals surface area contributed by atoms with Gasteiger partial charge in [0.05, 0.1) is 0 Å². The van der Waals surface area contributed by atoms with Crippen LogP contribution in [0.1, 0.15) is 24.8 Å². The molecule has 5 heteroatoms. The molecule has 0 radical (unpaired) electrons. The molecular formula is C18H21N3O2. The summed E-state index contributed by atoms with van der Waals surface area (Å²) in [6, 6.07) is 12.3. The molecule has 1 aliphatic heterocycles. The van der Waals surface area contributed by atoms with Gasteiger partial charge in [0.1, 0.15) is 6.10 Å². The number of aryl methyl sites for hydroxylation is 1. The third-order valence-corrected chi connectivity index (χ3v) is 4.08. The molecule has 5 nitrogen and oxygen atoms in total. The maximum absolute atomic E-state index is 12.3. The van der Waals surface area contributed by atoms with Gasteiger partial charge in [-0.15, -0.1) is 0 Å². The van der Waals surface area contributed by atoms with Crippen molar-refractivity contribution in [3.63, 3.8) is 0 Å². The second-order valence-corrected chi connectivity index (χ2v) is 5.71. The molecule has 1 aromatic heterocycles. The van der Waals surface area contributed by atoms with Crippen molar-refractivity contribution in [1.82, 2.24) is 14.9 Å². The summed E-state index contributed by atoms with van der Waals surface area (Å²) < 4.78 is 5.75. The van der Waals surface area contributed by atoms with Crippen LogP contribution in [-0.4, -0.2) is 40.0 Å². The number of piperidine rings is 1. The number of hydrogen-bond acceptors (Lipinski definition) is 4. The smallest absolute Gasteiger partial charge is 0.316 e. The van der Waals surface area contributed by atoms with E-state index in [9.17, 15) is 4.79 Å². The van der Waals surface area contributed by atoms with Crippen molar-refractivity contribution in [2.75, 3.05) is 13.1 Å². The van der Waals surface area contributed by atoms with E-state index >= 15 is 0 Å². The van der Waals surface area contributed by atoms with Crippen molar-refractivity contribution in [3.05, 3.63) is 54.4 Å². The van der Waals surface area contributed by atoms with E-state index in [-0.39, 0.29) is 12.0 Å². The van der Waals surface area contributed by atoms with E-state index in [4.69, 9.17) is 4.74 Å². The fraction of sp³-hybridized carbons (Fsp3) is 0.389. The first-order chi connectivity index (χ1) is 11.3. The standard InChI is InChI=1S/C18H21N3O2/c22-17(8-7-15-5-2-1-3-6-15)21-13-9-16(10-14-21)23-18-19-11-4-12-20-18/h1-6,11-12,16H,7-10,13-14H2. The Hall–Kier alpha value is -2.43. The first kappa shape index (κ1) is 15.5. The minimum atomic E-state index is 0.0931. The summed E-state index contributed by atoms with van der Waals surface area (Å²) >= 11 is 0. The molecule has 0 unspecified atom stereocenters. The Bertz CT molecular complexity index is 611. The Kier molecular flexibility index (Phi) is 5.19. The third-order valence-electron chi connectivity index (χ3n) is 4.08. The first-order valence-corrected chi connectivity index (χ1v) is 8.06. The number of nitrogens with zero attached hydrogens (tertiary/aromatic N) is 3. The summed E-state index contributed by atoms with van der Waals surface area (Å²) in [6.45, 7) is 1.48. The minimum Gasteiger partial charge on any atom is -0.460 e. The second-order valence-electron chi connectivity index (χ2n) is 5.71. The van der Waals surface area contributed by atoms with Gasteiger partial charge in [-0.05, 0) is 18.1 Å². The van der Waals surface area contributed by atoms with Crippen molar-refractivity contribution in [3.8, 4) is 6.01 Å². The number of amides is 1. The van der Waals surface area contributed by atoms with Crippen LogP contribution in [0.2, 0.25) is 0 Å². The highest BCUT2D eigenvalue weighted by molar-refractivity contribution is 5.76. The van der Waals surface area contributed by atoms with Gasteiger partial charge in [-0.1, -0.05) is 30.3 Å². The lowest BCUT2D eigenvalue weighted by molar-refractivity contribution is -0.133. The Labute approximate surface area is 136 Å². The highest BCUT2D eigenvalue weighted by Crippen LogP contribution is 2.16. The highest BCUT2D eigenvalue weighted by Gasteiger charge is 2.24. The molecule has 1 aromatic carbocycles. The van der Waals surface area contributed by atoms with Crippen molar-refractivity contribution in [1.29, 1.82) is 0 Å². The van der Waals surface area contributed by atoms with Gasteiger partial charge < -0.3 is 9.64 Å². The molecule has 1 fully saturated rings. The lowest BCUT2D eigenvalue weighted by atomic mass is 10.1. The maximum Gasteiger partial charge on any atom is 0.316 e. The van der Waals surface area contributed by atoms with E-state index in [0.717, 1.165) is 32.4 Å². The van der Waals surface area contributed by atoms with Gasteiger partial charge in [-0.2, -0.15) is 0 Å². The van der Waals surface area contributed by atoms with Crippen LogP contribution >= 0.6 is 0 Å². The zero-order valence-electron chi connectivity index (χ0n) is 13.1. The molecule has 0 N–H and O–H groups in total. The van der Waals surface area contributed by atoms with Crippen LogP contribution in [0, 0.1) is 0 Å². The molecule has 0 saturated carbocycles. The number of carbonyl (C=O) groups is 1. The first-order valence-electron chi connectivity index (χ1n) is 8.06. The van der Waals surface area contributed by atoms with Gasteiger partial charge >= 0.3 is 6.01 Å². The summed E-state index contributed by atoms with van der Waals surface area (Å²) in [7, 11) is 0. The van der Waals surface area contributed by atoms with E-state index in [2.05, 4.69) is 22.1 Å². The molecule has 2 heterocycles. The number of hydrogen-bond donors (Lipinski definition) is 0. The number of ether oxygens (including phenoxy) is 1. The summed E-state index contributed by atoms with van der Waals surface area (Å²) in [5, 5.41) is 0. The highest BCUT2D eigenvalue weighted by atomic mass is 16.5. The lowest BCUT2D eigenvalue weighted by Crippen LogP contribution is -2.42. The normalized spacial score (nSPS) is 15.4. The van der Waals surface area contributed by atoms with Crippen LogP contribution in [0.3, 0.4) is 0 Å². The largest absolute Gasteiger partial charge is 0.460 e. The summed E-state index contributed by atoms with van der Waals surface area (Å²) in [4.78, 5) is 22.4. The fourth-order valence-electron chi connectivity index (χ4n) is 2.77. The summed E-state index contributed by atoms with van der Waals surface area (Å²) in [5.41, 5.74) is 1.21. The number of aromatic nitrogens is 2. The number of benzene rings is 1. The Morgan fingerprint density at radius 2 is 1.78 bits per heavy atom. The molecule has 0 bridgehead atoms. The van der Waals surface area contributed by atoms with E-state index < -0.39 is 0 Å². The fourth-order valence-corrected chi connectivity index (χ4v) is 2.77.